The van der Waals surface area contributed by atoms with Gasteiger partial charge in [0.1, 0.15) is 0 Å². The number of primary amides is 1. The Morgan fingerprint density at radius 3 is 2.61 bits per heavy atom. The maximum Gasteiger partial charge on any atom is 0.221 e. The van der Waals surface area contributed by atoms with Gasteiger partial charge in [0, 0.05) is 26.2 Å². The lowest BCUT2D eigenvalue weighted by Gasteiger charge is -2.30. The number of likely N-dealkylation sites (tertiary alicyclic amines) is 1. The normalized spacial score (nSPS) is 21.8. The number of aliphatic imine (C=N–C) groups is 1. The minimum atomic E-state index is -0.149. The van der Waals surface area contributed by atoms with Crippen molar-refractivity contribution in [2.75, 3.05) is 39.3 Å². The summed E-state index contributed by atoms with van der Waals surface area (Å²) >= 11 is 0. The van der Waals surface area contributed by atoms with E-state index in [1.54, 1.807) is 0 Å². The summed E-state index contributed by atoms with van der Waals surface area (Å²) in [6, 6.07) is 0. The van der Waals surface area contributed by atoms with E-state index in [9.17, 15) is 4.79 Å². The first-order valence-electron chi connectivity index (χ1n) is 11.2. The lowest BCUT2D eigenvalue weighted by atomic mass is 9.86. The molecule has 1 amide bonds. The number of hydrogen-bond donors (Lipinski definition) is 3. The number of nitrogens with two attached hydrogens (primary N) is 1. The fourth-order valence-electron chi connectivity index (χ4n) is 4.39. The first kappa shape index (κ1) is 25.5. The second-order valence-electron chi connectivity index (χ2n) is 8.23. The van der Waals surface area contributed by atoms with Crippen LogP contribution in [0.15, 0.2) is 4.99 Å². The number of nitrogens with zero attached hydrogens (tertiary/aromatic N) is 2. The van der Waals surface area contributed by atoms with Gasteiger partial charge in [-0.1, -0.05) is 32.1 Å². The van der Waals surface area contributed by atoms with Gasteiger partial charge in [0.2, 0.25) is 5.91 Å². The molecule has 1 unspecified atom stereocenters. The van der Waals surface area contributed by atoms with Crippen LogP contribution in [0.2, 0.25) is 0 Å². The molecule has 0 aromatic heterocycles. The second kappa shape index (κ2) is 15.3. The predicted molar refractivity (Wildman–Crippen MR) is 128 cm³/mol. The Hall–Kier alpha value is -0.570. The maximum absolute atomic E-state index is 11.4. The molecule has 1 aliphatic heterocycles. The van der Waals surface area contributed by atoms with Crippen LogP contribution in [-0.2, 0) is 4.79 Å². The number of rotatable bonds is 10. The number of piperidine rings is 1. The number of halogens is 1. The Balaban J connectivity index is 0.00000392. The Morgan fingerprint density at radius 2 is 1.89 bits per heavy atom. The number of hydrogen-bond acceptors (Lipinski definition) is 3. The van der Waals surface area contributed by atoms with Crippen LogP contribution in [0.5, 0.6) is 0 Å². The van der Waals surface area contributed by atoms with Gasteiger partial charge in [0.25, 0.3) is 0 Å². The van der Waals surface area contributed by atoms with Crippen LogP contribution in [0.3, 0.4) is 0 Å². The molecule has 4 N–H and O–H groups in total. The molecule has 28 heavy (non-hydrogen) atoms. The number of guanidine groups is 1. The lowest BCUT2D eigenvalue weighted by Crippen LogP contribution is -2.41. The fourth-order valence-corrected chi connectivity index (χ4v) is 4.39. The quantitative estimate of drug-likeness (QED) is 0.184. The van der Waals surface area contributed by atoms with Gasteiger partial charge in [-0.3, -0.25) is 9.79 Å². The van der Waals surface area contributed by atoms with E-state index in [0.29, 0.717) is 0 Å². The van der Waals surface area contributed by atoms with Crippen LogP contribution < -0.4 is 16.4 Å². The molecular weight excluding hydrogens is 465 g/mol. The van der Waals surface area contributed by atoms with Crippen LogP contribution in [0.1, 0.15) is 71.1 Å². The largest absolute Gasteiger partial charge is 0.369 e. The molecule has 164 valence electrons. The summed E-state index contributed by atoms with van der Waals surface area (Å²) < 4.78 is 0. The standard InChI is InChI=1S/C21H41N5O.HI/c1-2-23-21(24-13-6-11-18-9-4-3-5-10-18)25-14-8-16-26-15-7-12-19(17-26)20(22)27;/h18-19H,2-17H2,1H3,(H2,22,27)(H2,23,24,25);1H. The van der Waals surface area contributed by atoms with E-state index in [1.165, 1.54) is 44.9 Å². The van der Waals surface area contributed by atoms with Gasteiger partial charge in [0.05, 0.1) is 5.92 Å². The van der Waals surface area contributed by atoms with Crippen LogP contribution in [0.25, 0.3) is 0 Å². The van der Waals surface area contributed by atoms with Crippen molar-refractivity contribution in [1.82, 2.24) is 15.5 Å². The molecule has 1 atom stereocenters. The van der Waals surface area contributed by atoms with E-state index in [1.807, 2.05) is 0 Å². The highest BCUT2D eigenvalue weighted by atomic mass is 127. The van der Waals surface area contributed by atoms with Gasteiger partial charge >= 0.3 is 0 Å². The van der Waals surface area contributed by atoms with Gasteiger partial charge in [-0.15, -0.1) is 24.0 Å². The van der Waals surface area contributed by atoms with Crippen LogP contribution in [0.4, 0.5) is 0 Å². The van der Waals surface area contributed by atoms with Crippen molar-refractivity contribution < 1.29 is 4.79 Å². The SMILES string of the molecule is CCNC(=NCCCN1CCCC(C(N)=O)C1)NCCCC1CCCCC1.I. The smallest absolute Gasteiger partial charge is 0.221 e. The molecule has 0 bridgehead atoms. The zero-order valence-electron chi connectivity index (χ0n) is 17.8. The summed E-state index contributed by atoms with van der Waals surface area (Å²) in [4.78, 5) is 18.4. The summed E-state index contributed by atoms with van der Waals surface area (Å²) in [5.41, 5.74) is 5.46. The predicted octanol–water partition coefficient (Wildman–Crippen LogP) is 3.11. The van der Waals surface area contributed by atoms with E-state index in [2.05, 4.69) is 22.5 Å². The summed E-state index contributed by atoms with van der Waals surface area (Å²) in [6.07, 6.45) is 12.8. The first-order chi connectivity index (χ1) is 13.2. The molecule has 0 aromatic carbocycles. The maximum atomic E-state index is 11.4. The van der Waals surface area contributed by atoms with Gasteiger partial charge in [-0.2, -0.15) is 0 Å². The molecular formula is C21H42IN5O. The zero-order valence-corrected chi connectivity index (χ0v) is 20.1. The van der Waals surface area contributed by atoms with Crippen molar-refractivity contribution >= 4 is 35.8 Å². The minimum Gasteiger partial charge on any atom is -0.369 e. The van der Waals surface area contributed by atoms with Crippen molar-refractivity contribution in [3.05, 3.63) is 0 Å². The van der Waals surface area contributed by atoms with Crippen LogP contribution in [-0.4, -0.2) is 56.0 Å². The van der Waals surface area contributed by atoms with Gasteiger partial charge in [0.15, 0.2) is 5.96 Å². The average Bonchev–Trinajstić information content (AvgIpc) is 2.69. The Labute approximate surface area is 188 Å². The third kappa shape index (κ3) is 10.3. The van der Waals surface area contributed by atoms with E-state index < -0.39 is 0 Å². The van der Waals surface area contributed by atoms with Gasteiger partial charge in [-0.25, -0.2) is 0 Å². The third-order valence-electron chi connectivity index (χ3n) is 5.96. The highest BCUT2D eigenvalue weighted by Gasteiger charge is 2.23. The fraction of sp³-hybridized carbons (Fsp3) is 0.905. The van der Waals surface area contributed by atoms with E-state index in [4.69, 9.17) is 10.7 Å². The van der Waals surface area contributed by atoms with Crippen LogP contribution >= 0.6 is 24.0 Å². The monoisotopic (exact) mass is 507 g/mol. The number of carbonyl (C=O) groups is 1. The van der Waals surface area contributed by atoms with Gasteiger partial charge < -0.3 is 21.3 Å². The molecule has 0 radical (unpaired) electrons. The molecule has 2 aliphatic rings. The van der Waals surface area contributed by atoms with Crippen molar-refractivity contribution in [2.24, 2.45) is 22.6 Å². The molecule has 1 heterocycles. The summed E-state index contributed by atoms with van der Waals surface area (Å²) in [7, 11) is 0. The molecule has 7 heteroatoms. The van der Waals surface area contributed by atoms with Crippen LogP contribution in [0, 0.1) is 11.8 Å². The van der Waals surface area contributed by atoms with Crippen molar-refractivity contribution in [3.8, 4) is 0 Å². The van der Waals surface area contributed by atoms with E-state index in [-0.39, 0.29) is 35.8 Å². The number of carbonyl (C=O) groups excluding carboxylic acids is 1. The second-order valence-corrected chi connectivity index (χ2v) is 8.23. The summed E-state index contributed by atoms with van der Waals surface area (Å²) in [6.45, 7) is 7.71. The van der Waals surface area contributed by atoms with Crippen molar-refractivity contribution in [3.63, 3.8) is 0 Å². The molecule has 2 rings (SSSR count). The summed E-state index contributed by atoms with van der Waals surface area (Å²) in [5, 5.41) is 6.83. The third-order valence-corrected chi connectivity index (χ3v) is 5.96. The molecule has 1 saturated heterocycles. The van der Waals surface area contributed by atoms with E-state index >= 15 is 0 Å². The highest BCUT2D eigenvalue weighted by molar-refractivity contribution is 14.0. The average molecular weight is 508 g/mol. The van der Waals surface area contributed by atoms with Gasteiger partial charge in [-0.05, 0) is 58.0 Å². The van der Waals surface area contributed by atoms with E-state index in [0.717, 1.165) is 70.4 Å². The molecule has 1 saturated carbocycles. The molecule has 1 aliphatic carbocycles. The summed E-state index contributed by atoms with van der Waals surface area (Å²) in [5.74, 6) is 1.78. The highest BCUT2D eigenvalue weighted by Crippen LogP contribution is 2.26. The topological polar surface area (TPSA) is 82.8 Å². The molecule has 0 aromatic rings. The zero-order chi connectivity index (χ0) is 19.3. The Kier molecular flexibility index (Phi) is 13.9. The lowest BCUT2D eigenvalue weighted by molar-refractivity contribution is -0.123. The molecule has 2 fully saturated rings. The number of nitrogens with one attached hydrogen (secondary N) is 2. The van der Waals surface area contributed by atoms with Crippen molar-refractivity contribution in [2.45, 2.75) is 71.1 Å². The molecule has 0 spiro atoms. The first-order valence-corrected chi connectivity index (χ1v) is 11.2. The number of amides is 1. The van der Waals surface area contributed by atoms with Crippen molar-refractivity contribution in [1.29, 1.82) is 0 Å². The molecule has 6 nitrogen and oxygen atoms in total. The minimum absolute atomic E-state index is 0. The Morgan fingerprint density at radius 1 is 1.11 bits per heavy atom. The Bertz CT molecular complexity index is 454.